The Morgan fingerprint density at radius 1 is 0.600 bits per heavy atom. The Kier molecular flexibility index (Phi) is 19.7. The Hall–Kier alpha value is -1.42. The van der Waals surface area contributed by atoms with Crippen LogP contribution in [0.25, 0.3) is 0 Å². The third-order valence-corrected chi connectivity index (χ3v) is 21.6. The van der Waals surface area contributed by atoms with Crippen LogP contribution in [-0.4, -0.2) is 302 Å². The van der Waals surface area contributed by atoms with Gasteiger partial charge in [0.2, 0.25) is 0 Å². The van der Waals surface area contributed by atoms with E-state index >= 15 is 0 Å². The van der Waals surface area contributed by atoms with Gasteiger partial charge in [0.15, 0.2) is 37.2 Å². The second-order valence-electron chi connectivity index (χ2n) is 26.5. The predicted octanol–water partition coefficient (Wildman–Crippen LogP) is -6.31. The van der Waals surface area contributed by atoms with Gasteiger partial charge in [0, 0.05) is 24.2 Å². The first-order chi connectivity index (χ1) is 40.0. The molecule has 0 aromatic heterocycles. The van der Waals surface area contributed by atoms with Gasteiger partial charge in [-0.2, -0.15) is 0 Å². The molecule has 35 atom stereocenters. The minimum Gasteiger partial charge on any atom is -0.394 e. The highest BCUT2D eigenvalue weighted by Gasteiger charge is 2.80. The summed E-state index contributed by atoms with van der Waals surface area (Å²) in [5, 5.41) is 197. The van der Waals surface area contributed by atoms with Crippen molar-refractivity contribution < 1.29 is 144 Å². The molecule has 4 aliphatic carbocycles. The molecule has 9 fully saturated rings. The molecule has 0 spiro atoms. The zero-order valence-corrected chi connectivity index (χ0v) is 48.3. The Labute approximate surface area is 491 Å². The third-order valence-electron chi connectivity index (χ3n) is 21.6. The van der Waals surface area contributed by atoms with Crippen LogP contribution in [0.3, 0.4) is 0 Å². The van der Waals surface area contributed by atoms with Crippen molar-refractivity contribution in [3.8, 4) is 0 Å². The molecule has 10 aliphatic rings. The maximum atomic E-state index is 13.2. The molecule has 85 heavy (non-hydrogen) atoms. The summed E-state index contributed by atoms with van der Waals surface area (Å²) in [6, 6.07) is 0. The average Bonchev–Trinajstić information content (AvgIpc) is 1.52. The first kappa shape index (κ1) is 66.5. The fraction of sp³-hybridized carbons (Fsp3) is 0.964. The van der Waals surface area contributed by atoms with Crippen LogP contribution in [0, 0.1) is 34.5 Å². The molecular weight excluding hydrogens is 1140 g/mol. The summed E-state index contributed by atoms with van der Waals surface area (Å²) in [4.78, 5) is 0. The number of hydrogen-bond acceptors (Lipinski definition) is 29. The molecule has 0 aromatic rings. The lowest BCUT2D eigenvalue weighted by Crippen LogP contribution is -2.66. The third kappa shape index (κ3) is 11.4. The number of aliphatic hydroxyl groups excluding tert-OH is 15. The van der Waals surface area contributed by atoms with Crippen molar-refractivity contribution in [2.75, 3.05) is 33.0 Å². The minimum atomic E-state index is -1.83. The first-order valence-corrected chi connectivity index (χ1v) is 30.0. The molecule has 18 N–H and O–H groups in total. The normalized spacial score (nSPS) is 55.7. The van der Waals surface area contributed by atoms with Gasteiger partial charge in [0.05, 0.1) is 56.9 Å². The number of aliphatic hydroxyl groups is 18. The first-order valence-electron chi connectivity index (χ1n) is 30.0. The van der Waals surface area contributed by atoms with Crippen LogP contribution in [-0.2, 0) is 52.1 Å². The molecule has 29 heteroatoms. The topological polar surface area (TPSA) is 466 Å². The van der Waals surface area contributed by atoms with E-state index in [9.17, 15) is 91.9 Å². The predicted molar refractivity (Wildman–Crippen MR) is 280 cm³/mol. The van der Waals surface area contributed by atoms with Crippen molar-refractivity contribution in [3.63, 3.8) is 0 Å². The molecule has 3 saturated carbocycles. The van der Waals surface area contributed by atoms with E-state index in [1.54, 1.807) is 6.92 Å². The summed E-state index contributed by atoms with van der Waals surface area (Å²) in [5.74, 6) is -3.42. The quantitative estimate of drug-likeness (QED) is 0.0602. The summed E-state index contributed by atoms with van der Waals surface area (Å²) >= 11 is 0. The smallest absolute Gasteiger partial charge is 0.187 e. The van der Waals surface area contributed by atoms with E-state index in [1.165, 1.54) is 6.92 Å². The van der Waals surface area contributed by atoms with E-state index in [4.69, 9.17) is 52.1 Å². The lowest BCUT2D eigenvalue weighted by Gasteiger charge is -2.62. The van der Waals surface area contributed by atoms with Crippen molar-refractivity contribution in [1.82, 2.24) is 0 Å². The van der Waals surface area contributed by atoms with Crippen molar-refractivity contribution in [2.24, 2.45) is 34.5 Å². The number of hydrogen-bond donors (Lipinski definition) is 18. The number of allylic oxidation sites excluding steroid dienone is 1. The van der Waals surface area contributed by atoms with Crippen LogP contribution >= 0.6 is 0 Å². The van der Waals surface area contributed by atoms with Gasteiger partial charge in [-0.15, -0.1) is 0 Å². The van der Waals surface area contributed by atoms with Crippen LogP contribution in [0.1, 0.15) is 92.4 Å². The Morgan fingerprint density at radius 2 is 1.20 bits per heavy atom. The Balaban J connectivity index is 0.769. The highest BCUT2D eigenvalue weighted by Crippen LogP contribution is 2.73. The molecule has 6 heterocycles. The molecule has 6 saturated heterocycles. The van der Waals surface area contributed by atoms with Crippen LogP contribution < -0.4 is 0 Å². The molecule has 0 unspecified atom stereocenters. The van der Waals surface area contributed by atoms with Crippen molar-refractivity contribution in [3.05, 3.63) is 11.6 Å². The zero-order valence-electron chi connectivity index (χ0n) is 48.3. The lowest BCUT2D eigenvalue weighted by molar-refractivity contribution is -0.386. The van der Waals surface area contributed by atoms with Crippen LogP contribution in [0.4, 0.5) is 0 Å². The maximum absolute atomic E-state index is 13.2. The molecule has 10 rings (SSSR count). The molecule has 0 amide bonds. The molecule has 6 aliphatic heterocycles. The lowest BCUT2D eigenvalue weighted by atomic mass is 9.44. The summed E-state index contributed by atoms with van der Waals surface area (Å²) in [5.41, 5.74) is -3.62. The molecule has 0 radical (unpaired) electrons. The van der Waals surface area contributed by atoms with Gasteiger partial charge in [-0.3, -0.25) is 0 Å². The SMILES string of the molecule is C[C@H](CC[C@@]1(O)O[C@H]2C[C@@]3(O)[C@@H]4CC=C5C[C@@H](O[C@@H]6O[C@H](CO)[C@@H](O[C@@H]7OC[C@@H](O)[C@H](O)[C@H]7O)[C@H](O)[C@H]6O[C@@H]6O[C@@H](C)[C@H](O)[C@@H](O)[C@H]6O)CC[C@]5(C)[C@H]4CC[C@]3(C)[C@@]2(O)[C@@H]1C)CO[C@@H]1O[C@H](CO[C@@H]2O[C@H](CO)[C@@H](O)[C@H](O)[C@H]2O)[C@@H](O)[C@H](O)[C@H]1O. The maximum Gasteiger partial charge on any atom is 0.187 e. The van der Waals surface area contributed by atoms with E-state index in [0.717, 1.165) is 5.57 Å². The Morgan fingerprint density at radius 3 is 1.88 bits per heavy atom. The highest BCUT2D eigenvalue weighted by atomic mass is 16.8. The van der Waals surface area contributed by atoms with Crippen LogP contribution in [0.5, 0.6) is 0 Å². The van der Waals surface area contributed by atoms with Crippen molar-refractivity contribution >= 4 is 0 Å². The molecule has 29 nitrogen and oxygen atoms in total. The fourth-order valence-corrected chi connectivity index (χ4v) is 16.0. The van der Waals surface area contributed by atoms with Crippen LogP contribution in [0.2, 0.25) is 0 Å². The second-order valence-corrected chi connectivity index (χ2v) is 26.5. The van der Waals surface area contributed by atoms with Gasteiger partial charge in [0.1, 0.15) is 115 Å². The molecule has 0 aromatic carbocycles. The van der Waals surface area contributed by atoms with E-state index < -0.39 is 220 Å². The summed E-state index contributed by atoms with van der Waals surface area (Å²) in [6.07, 6.45) is -33.9. The van der Waals surface area contributed by atoms with E-state index in [1.807, 2.05) is 13.8 Å². The molecule has 490 valence electrons. The summed E-state index contributed by atoms with van der Waals surface area (Å²) < 4.78 is 65.2. The number of ether oxygens (including phenoxy) is 11. The highest BCUT2D eigenvalue weighted by molar-refractivity contribution is 5.33. The standard InChI is InChI=1S/C56H92O29/c1-21(18-75-47-42(69)39(66)36(63)31(82-47)20-77-48-41(68)38(65)35(62)29(16-57)80-48)8-13-55(73)23(3)56(74)32(85-55)15-54(72)27-7-6-24-14-25(9-11-52(24,4)26(27)10-12-53(54,56)5)79-51-46(84-50-43(70)37(64)33(60)22(2)78-50)44(71)45(30(17-58)81-51)83-49-40(67)34(61)28(59)19-76-49/h6,21-23,25-51,57-74H,7-20H2,1-5H3/t21-,22+,23-,25+,26+,27-,28-,29-,30-,31-,32+,33+,34+,35-,36-,37-,38+,39+,40-,41-,42-,43-,44+,45-,46-,47-,48-,49+,50+,51-,52+,53+,54-,55-,56-/m1/s1. The summed E-state index contributed by atoms with van der Waals surface area (Å²) in [7, 11) is 0. The molecular formula is C56H92O29. The monoisotopic (exact) mass is 1230 g/mol. The zero-order chi connectivity index (χ0) is 61.8. The van der Waals surface area contributed by atoms with E-state index in [-0.39, 0.29) is 43.6 Å². The van der Waals surface area contributed by atoms with Gasteiger partial charge < -0.3 is 144 Å². The van der Waals surface area contributed by atoms with Gasteiger partial charge in [-0.25, -0.2) is 0 Å². The van der Waals surface area contributed by atoms with E-state index in [2.05, 4.69) is 13.0 Å². The van der Waals surface area contributed by atoms with Gasteiger partial charge in [-0.05, 0) is 75.0 Å². The second kappa shape index (κ2) is 25.2. The fourth-order valence-electron chi connectivity index (χ4n) is 16.0. The molecule has 0 bridgehead atoms. The minimum absolute atomic E-state index is 0.0440. The number of rotatable bonds is 17. The van der Waals surface area contributed by atoms with Crippen LogP contribution in [0.15, 0.2) is 11.6 Å². The van der Waals surface area contributed by atoms with Crippen molar-refractivity contribution in [1.29, 1.82) is 0 Å². The van der Waals surface area contributed by atoms with Crippen molar-refractivity contribution in [2.45, 2.75) is 269 Å². The number of fused-ring (bicyclic) bond motifs is 7. The van der Waals surface area contributed by atoms with E-state index in [0.29, 0.717) is 38.5 Å². The Bertz CT molecular complexity index is 2290. The van der Waals surface area contributed by atoms with Gasteiger partial charge in [-0.1, -0.05) is 39.3 Å². The van der Waals surface area contributed by atoms with Gasteiger partial charge in [0.25, 0.3) is 0 Å². The summed E-state index contributed by atoms with van der Waals surface area (Å²) in [6.45, 7) is 6.55. The average molecular weight is 1230 g/mol. The van der Waals surface area contributed by atoms with Gasteiger partial charge >= 0.3 is 0 Å². The largest absolute Gasteiger partial charge is 0.394 e.